The van der Waals surface area contributed by atoms with E-state index in [2.05, 4.69) is 5.32 Å². The summed E-state index contributed by atoms with van der Waals surface area (Å²) in [5.74, 6) is -1.34. The molecule has 1 aromatic carbocycles. The number of carbonyl (C=O) groups excluding carboxylic acids is 1. The van der Waals surface area contributed by atoms with Gasteiger partial charge in [0.1, 0.15) is 0 Å². The minimum atomic E-state index is -1.07. The molecule has 0 aliphatic carbocycles. The third kappa shape index (κ3) is 2.87. The predicted octanol–water partition coefficient (Wildman–Crippen LogP) is 1.70. The number of hydrogen-bond donors (Lipinski definition) is 3. The van der Waals surface area contributed by atoms with Crippen LogP contribution in [0.2, 0.25) is 0 Å². The van der Waals surface area contributed by atoms with E-state index in [1.54, 1.807) is 25.1 Å². The standard InChI is InChI=1S/C13H18N2O3/c1-3-13(2,8-14)12(18)15-10-7-5-4-6-9(10)11(16)17/h4-7H,3,8,14H2,1-2H3,(H,15,18)(H,16,17). The maximum absolute atomic E-state index is 12.1. The molecule has 5 heteroatoms. The highest BCUT2D eigenvalue weighted by Gasteiger charge is 2.30. The van der Waals surface area contributed by atoms with Crippen molar-refractivity contribution in [2.75, 3.05) is 11.9 Å². The van der Waals surface area contributed by atoms with E-state index in [0.717, 1.165) is 0 Å². The molecule has 1 amide bonds. The number of amides is 1. The highest BCUT2D eigenvalue weighted by atomic mass is 16.4. The Hall–Kier alpha value is -1.88. The second kappa shape index (κ2) is 5.64. The van der Waals surface area contributed by atoms with Crippen LogP contribution in [0.5, 0.6) is 0 Å². The summed E-state index contributed by atoms with van der Waals surface area (Å²) in [6, 6.07) is 6.30. The molecule has 0 saturated carbocycles. The number of carboxylic acids is 1. The zero-order valence-electron chi connectivity index (χ0n) is 10.6. The summed E-state index contributed by atoms with van der Waals surface area (Å²) in [6.07, 6.45) is 0.588. The fourth-order valence-corrected chi connectivity index (χ4v) is 1.45. The molecule has 0 saturated heterocycles. The molecule has 0 aliphatic heterocycles. The Balaban J connectivity index is 2.98. The summed E-state index contributed by atoms with van der Waals surface area (Å²) in [6.45, 7) is 3.84. The summed E-state index contributed by atoms with van der Waals surface area (Å²) in [5, 5.41) is 11.7. The number of para-hydroxylation sites is 1. The van der Waals surface area contributed by atoms with Crippen molar-refractivity contribution in [2.24, 2.45) is 11.1 Å². The zero-order chi connectivity index (χ0) is 13.8. The van der Waals surface area contributed by atoms with E-state index in [-0.39, 0.29) is 18.0 Å². The molecule has 0 fully saturated rings. The molecule has 1 aromatic rings. The van der Waals surface area contributed by atoms with Gasteiger partial charge in [-0.2, -0.15) is 0 Å². The first-order valence-electron chi connectivity index (χ1n) is 5.78. The van der Waals surface area contributed by atoms with E-state index in [4.69, 9.17) is 10.8 Å². The molecule has 18 heavy (non-hydrogen) atoms. The Labute approximate surface area is 106 Å². The average Bonchev–Trinajstić information content (AvgIpc) is 2.38. The second-order valence-corrected chi connectivity index (χ2v) is 4.42. The maximum Gasteiger partial charge on any atom is 0.337 e. The van der Waals surface area contributed by atoms with Crippen molar-refractivity contribution in [3.63, 3.8) is 0 Å². The first-order chi connectivity index (χ1) is 8.44. The molecule has 4 N–H and O–H groups in total. The summed E-state index contributed by atoms with van der Waals surface area (Å²) in [7, 11) is 0. The minimum absolute atomic E-state index is 0.0707. The lowest BCUT2D eigenvalue weighted by Crippen LogP contribution is -2.39. The van der Waals surface area contributed by atoms with Crippen molar-refractivity contribution in [1.82, 2.24) is 0 Å². The van der Waals surface area contributed by atoms with Crippen LogP contribution in [0.3, 0.4) is 0 Å². The number of carboxylic acid groups (broad SMARTS) is 1. The summed E-state index contributed by atoms with van der Waals surface area (Å²) in [5.41, 5.74) is 5.27. The van der Waals surface area contributed by atoms with Crippen LogP contribution in [0, 0.1) is 5.41 Å². The number of benzene rings is 1. The molecule has 1 unspecified atom stereocenters. The molecule has 0 bridgehead atoms. The van der Waals surface area contributed by atoms with E-state index < -0.39 is 11.4 Å². The van der Waals surface area contributed by atoms with Gasteiger partial charge >= 0.3 is 5.97 Å². The third-order valence-electron chi connectivity index (χ3n) is 3.18. The topological polar surface area (TPSA) is 92.4 Å². The molecule has 0 spiro atoms. The highest BCUT2D eigenvalue weighted by Crippen LogP contribution is 2.23. The smallest absolute Gasteiger partial charge is 0.337 e. The van der Waals surface area contributed by atoms with Crippen LogP contribution in [0.25, 0.3) is 0 Å². The SMILES string of the molecule is CCC(C)(CN)C(=O)Nc1ccccc1C(=O)O. The monoisotopic (exact) mass is 250 g/mol. The van der Waals surface area contributed by atoms with Gasteiger partial charge < -0.3 is 16.2 Å². The predicted molar refractivity (Wildman–Crippen MR) is 69.5 cm³/mol. The van der Waals surface area contributed by atoms with Crippen molar-refractivity contribution >= 4 is 17.6 Å². The molecule has 0 aromatic heterocycles. The Bertz CT molecular complexity index is 453. The molecule has 5 nitrogen and oxygen atoms in total. The van der Waals surface area contributed by atoms with Crippen LogP contribution in [0.1, 0.15) is 30.6 Å². The number of nitrogens with one attached hydrogen (secondary N) is 1. The van der Waals surface area contributed by atoms with Crippen molar-refractivity contribution in [3.8, 4) is 0 Å². The zero-order valence-corrected chi connectivity index (χ0v) is 10.6. The Morgan fingerprint density at radius 3 is 2.50 bits per heavy atom. The van der Waals surface area contributed by atoms with Gasteiger partial charge in [0.15, 0.2) is 0 Å². The lowest BCUT2D eigenvalue weighted by molar-refractivity contribution is -0.124. The number of carbonyl (C=O) groups is 2. The molecule has 98 valence electrons. The van der Waals surface area contributed by atoms with Gasteiger partial charge in [0.05, 0.1) is 16.7 Å². The minimum Gasteiger partial charge on any atom is -0.478 e. The van der Waals surface area contributed by atoms with Crippen LogP contribution in [0.15, 0.2) is 24.3 Å². The quantitative estimate of drug-likeness (QED) is 0.741. The summed E-state index contributed by atoms with van der Waals surface area (Å²) >= 11 is 0. The van der Waals surface area contributed by atoms with Crippen LogP contribution in [-0.2, 0) is 4.79 Å². The van der Waals surface area contributed by atoms with E-state index in [1.165, 1.54) is 6.07 Å². The largest absolute Gasteiger partial charge is 0.478 e. The van der Waals surface area contributed by atoms with Crippen LogP contribution >= 0.6 is 0 Å². The third-order valence-corrected chi connectivity index (χ3v) is 3.18. The number of rotatable bonds is 5. The maximum atomic E-state index is 12.1. The number of nitrogens with two attached hydrogens (primary N) is 1. The fourth-order valence-electron chi connectivity index (χ4n) is 1.45. The summed E-state index contributed by atoms with van der Waals surface area (Å²) < 4.78 is 0. The number of anilines is 1. The molecule has 0 aliphatic rings. The van der Waals surface area contributed by atoms with E-state index in [1.807, 2.05) is 6.92 Å². The van der Waals surface area contributed by atoms with Crippen molar-refractivity contribution in [2.45, 2.75) is 20.3 Å². The van der Waals surface area contributed by atoms with Gasteiger partial charge in [-0.05, 0) is 25.5 Å². The van der Waals surface area contributed by atoms with E-state index in [0.29, 0.717) is 12.1 Å². The van der Waals surface area contributed by atoms with Crippen molar-refractivity contribution in [3.05, 3.63) is 29.8 Å². The molecule has 0 radical (unpaired) electrons. The normalized spacial score (nSPS) is 13.7. The van der Waals surface area contributed by atoms with E-state index >= 15 is 0 Å². The van der Waals surface area contributed by atoms with Gasteiger partial charge in [-0.25, -0.2) is 4.79 Å². The lowest BCUT2D eigenvalue weighted by atomic mass is 9.86. The average molecular weight is 250 g/mol. The van der Waals surface area contributed by atoms with Gasteiger partial charge in [0.25, 0.3) is 0 Å². The number of hydrogen-bond acceptors (Lipinski definition) is 3. The Kier molecular flexibility index (Phi) is 4.44. The van der Waals surface area contributed by atoms with Crippen molar-refractivity contribution < 1.29 is 14.7 Å². The number of aromatic carboxylic acids is 1. The van der Waals surface area contributed by atoms with Crippen molar-refractivity contribution in [1.29, 1.82) is 0 Å². The van der Waals surface area contributed by atoms with Crippen LogP contribution < -0.4 is 11.1 Å². The van der Waals surface area contributed by atoms with Crippen LogP contribution in [0.4, 0.5) is 5.69 Å². The van der Waals surface area contributed by atoms with Crippen LogP contribution in [-0.4, -0.2) is 23.5 Å². The Morgan fingerprint density at radius 1 is 1.39 bits per heavy atom. The van der Waals surface area contributed by atoms with Gasteiger partial charge in [0.2, 0.25) is 5.91 Å². The highest BCUT2D eigenvalue weighted by molar-refractivity contribution is 6.02. The molecular weight excluding hydrogens is 232 g/mol. The second-order valence-electron chi connectivity index (χ2n) is 4.42. The van der Waals surface area contributed by atoms with Gasteiger partial charge in [0, 0.05) is 6.54 Å². The van der Waals surface area contributed by atoms with Gasteiger partial charge in [-0.3, -0.25) is 4.79 Å². The molecule has 1 rings (SSSR count). The first kappa shape index (κ1) is 14.2. The van der Waals surface area contributed by atoms with E-state index in [9.17, 15) is 9.59 Å². The Morgan fingerprint density at radius 2 is 2.00 bits per heavy atom. The lowest BCUT2D eigenvalue weighted by Gasteiger charge is -2.25. The first-order valence-corrected chi connectivity index (χ1v) is 5.78. The fraction of sp³-hybridized carbons (Fsp3) is 0.385. The summed E-state index contributed by atoms with van der Waals surface area (Å²) in [4.78, 5) is 23.1. The molecule has 1 atom stereocenters. The van der Waals surface area contributed by atoms with Gasteiger partial charge in [-0.1, -0.05) is 19.1 Å². The van der Waals surface area contributed by atoms with Gasteiger partial charge in [-0.15, -0.1) is 0 Å². The molecule has 0 heterocycles. The molecular formula is C13H18N2O3.